The Hall–Kier alpha value is -3.26. The summed E-state index contributed by atoms with van der Waals surface area (Å²) in [6.07, 6.45) is 4.48. The lowest BCUT2D eigenvalue weighted by atomic mass is 9.86. The number of carbonyl (C=O) groups is 2. The Bertz CT molecular complexity index is 1270. The van der Waals surface area contributed by atoms with Crippen molar-refractivity contribution in [2.24, 2.45) is 13.0 Å². The van der Waals surface area contributed by atoms with Crippen molar-refractivity contribution in [3.63, 3.8) is 0 Å². The summed E-state index contributed by atoms with van der Waals surface area (Å²) in [5.74, 6) is 0.157. The van der Waals surface area contributed by atoms with Gasteiger partial charge in [0.15, 0.2) is 0 Å². The van der Waals surface area contributed by atoms with Crippen molar-refractivity contribution in [2.45, 2.75) is 50.5 Å². The van der Waals surface area contributed by atoms with Gasteiger partial charge in [0.05, 0.1) is 22.7 Å². The molecule has 184 valence electrons. The molecule has 2 N–H and O–H groups in total. The van der Waals surface area contributed by atoms with Gasteiger partial charge in [0.1, 0.15) is 5.69 Å². The van der Waals surface area contributed by atoms with E-state index in [0.717, 1.165) is 29.8 Å². The molecule has 2 atom stereocenters. The summed E-state index contributed by atoms with van der Waals surface area (Å²) in [5, 5.41) is 5.98. The number of benzene rings is 2. The van der Waals surface area contributed by atoms with Crippen LogP contribution in [0.25, 0.3) is 5.69 Å². The van der Waals surface area contributed by atoms with Gasteiger partial charge in [-0.2, -0.15) is 0 Å². The van der Waals surface area contributed by atoms with Gasteiger partial charge >= 0.3 is 0 Å². The first kappa shape index (κ1) is 24.9. The van der Waals surface area contributed by atoms with E-state index in [9.17, 15) is 14.4 Å². The standard InChI is InChI=1S/C27H32N4O3S/c1-18-11-7-9-15-22(18)28-26(33)21-14-8-10-16-23(21)35-17-24(32)29-25-19(2)30(3)31(27(25)34)20-12-5-4-6-13-20/h4-6,8,10,12-14,16,18,22H,7,9,11,15,17H2,1-3H3,(H,28,33)(H,29,32). The maximum atomic E-state index is 13.0. The third kappa shape index (κ3) is 5.53. The van der Waals surface area contributed by atoms with E-state index in [1.165, 1.54) is 22.9 Å². The van der Waals surface area contributed by atoms with E-state index in [2.05, 4.69) is 17.6 Å². The fourth-order valence-electron chi connectivity index (χ4n) is 4.59. The minimum atomic E-state index is -0.294. The smallest absolute Gasteiger partial charge is 0.295 e. The van der Waals surface area contributed by atoms with Crippen LogP contribution in [0.2, 0.25) is 0 Å². The summed E-state index contributed by atoms with van der Waals surface area (Å²) in [6, 6.07) is 16.8. The van der Waals surface area contributed by atoms with E-state index in [1.807, 2.05) is 48.5 Å². The largest absolute Gasteiger partial charge is 0.349 e. The van der Waals surface area contributed by atoms with Crippen LogP contribution in [0.15, 0.2) is 64.3 Å². The number of nitrogens with zero attached hydrogens (tertiary/aromatic N) is 2. The summed E-state index contributed by atoms with van der Waals surface area (Å²) in [5.41, 5.74) is 1.95. The number of hydrogen-bond donors (Lipinski definition) is 2. The summed E-state index contributed by atoms with van der Waals surface area (Å²) in [4.78, 5) is 39.6. The molecule has 1 aromatic heterocycles. The Kier molecular flexibility index (Phi) is 7.80. The molecule has 1 aliphatic carbocycles. The number of carbonyl (C=O) groups excluding carboxylic acids is 2. The summed E-state index contributed by atoms with van der Waals surface area (Å²) in [7, 11) is 1.79. The number of para-hydroxylation sites is 1. The third-order valence-electron chi connectivity index (χ3n) is 6.74. The molecular formula is C27H32N4O3S. The molecule has 2 unspecified atom stereocenters. The van der Waals surface area contributed by atoms with Crippen molar-refractivity contribution in [1.82, 2.24) is 14.7 Å². The van der Waals surface area contributed by atoms with E-state index in [-0.39, 0.29) is 34.9 Å². The zero-order valence-electron chi connectivity index (χ0n) is 20.4. The second-order valence-corrected chi connectivity index (χ2v) is 10.1. The molecule has 35 heavy (non-hydrogen) atoms. The first-order chi connectivity index (χ1) is 16.9. The first-order valence-corrected chi connectivity index (χ1v) is 13.0. The highest BCUT2D eigenvalue weighted by atomic mass is 32.2. The van der Waals surface area contributed by atoms with Gasteiger partial charge in [-0.15, -0.1) is 11.8 Å². The number of anilines is 1. The highest BCUT2D eigenvalue weighted by Crippen LogP contribution is 2.26. The van der Waals surface area contributed by atoms with E-state index >= 15 is 0 Å². The van der Waals surface area contributed by atoms with Crippen LogP contribution in [-0.4, -0.2) is 33.0 Å². The molecule has 0 radical (unpaired) electrons. The van der Waals surface area contributed by atoms with E-state index in [1.54, 1.807) is 24.7 Å². The lowest BCUT2D eigenvalue weighted by molar-refractivity contribution is -0.113. The predicted octanol–water partition coefficient (Wildman–Crippen LogP) is 4.52. The van der Waals surface area contributed by atoms with Crippen LogP contribution in [0.1, 0.15) is 48.7 Å². The molecule has 0 bridgehead atoms. The lowest BCUT2D eigenvalue weighted by Crippen LogP contribution is -2.41. The molecule has 1 fully saturated rings. The number of thioether (sulfide) groups is 1. The molecular weight excluding hydrogens is 460 g/mol. The quantitative estimate of drug-likeness (QED) is 0.475. The molecule has 1 aliphatic rings. The molecule has 2 amide bonds. The van der Waals surface area contributed by atoms with Crippen molar-refractivity contribution >= 4 is 29.3 Å². The summed E-state index contributed by atoms with van der Waals surface area (Å²) >= 11 is 1.30. The molecule has 4 rings (SSSR count). The van der Waals surface area contributed by atoms with Gasteiger partial charge in [0.25, 0.3) is 11.5 Å². The van der Waals surface area contributed by atoms with Crippen molar-refractivity contribution in [2.75, 3.05) is 11.1 Å². The van der Waals surface area contributed by atoms with Gasteiger partial charge in [-0.05, 0) is 49.9 Å². The SMILES string of the molecule is Cc1c(NC(=O)CSc2ccccc2C(=O)NC2CCCCC2C)c(=O)n(-c2ccccc2)n1C. The Balaban J connectivity index is 1.44. The molecule has 0 spiro atoms. The average molecular weight is 493 g/mol. The highest BCUT2D eigenvalue weighted by Gasteiger charge is 2.24. The number of rotatable bonds is 7. The van der Waals surface area contributed by atoms with Crippen LogP contribution in [-0.2, 0) is 11.8 Å². The fourth-order valence-corrected chi connectivity index (χ4v) is 5.44. The zero-order valence-corrected chi connectivity index (χ0v) is 21.2. The van der Waals surface area contributed by atoms with Crippen LogP contribution < -0.4 is 16.2 Å². The number of amides is 2. The van der Waals surface area contributed by atoms with E-state index in [0.29, 0.717) is 17.2 Å². The Labute approximate surface area is 209 Å². The minimum absolute atomic E-state index is 0.0865. The van der Waals surface area contributed by atoms with Crippen molar-refractivity contribution < 1.29 is 9.59 Å². The second kappa shape index (κ2) is 11.0. The molecule has 0 saturated heterocycles. The zero-order chi connectivity index (χ0) is 24.9. The van der Waals surface area contributed by atoms with Gasteiger partial charge in [0, 0.05) is 18.0 Å². The molecule has 8 heteroatoms. The maximum absolute atomic E-state index is 13.0. The Morgan fingerprint density at radius 2 is 1.71 bits per heavy atom. The Morgan fingerprint density at radius 3 is 2.46 bits per heavy atom. The predicted molar refractivity (Wildman–Crippen MR) is 140 cm³/mol. The monoisotopic (exact) mass is 492 g/mol. The molecule has 2 aromatic carbocycles. The van der Waals surface area contributed by atoms with Crippen LogP contribution in [0, 0.1) is 12.8 Å². The third-order valence-corrected chi connectivity index (χ3v) is 7.81. The Morgan fingerprint density at radius 1 is 1.03 bits per heavy atom. The maximum Gasteiger partial charge on any atom is 0.295 e. The van der Waals surface area contributed by atoms with Gasteiger partial charge in [-0.3, -0.25) is 19.1 Å². The minimum Gasteiger partial charge on any atom is -0.349 e. The topological polar surface area (TPSA) is 85.1 Å². The van der Waals surface area contributed by atoms with Crippen LogP contribution >= 0.6 is 11.8 Å². The molecule has 3 aromatic rings. The normalized spacial score (nSPS) is 17.7. The van der Waals surface area contributed by atoms with Crippen LogP contribution in [0.5, 0.6) is 0 Å². The van der Waals surface area contributed by atoms with Crippen LogP contribution in [0.4, 0.5) is 5.69 Å². The lowest BCUT2D eigenvalue weighted by Gasteiger charge is -2.29. The number of aromatic nitrogens is 2. The first-order valence-electron chi connectivity index (χ1n) is 12.0. The highest BCUT2D eigenvalue weighted by molar-refractivity contribution is 8.00. The van der Waals surface area contributed by atoms with E-state index in [4.69, 9.17) is 0 Å². The van der Waals surface area contributed by atoms with Gasteiger partial charge < -0.3 is 10.6 Å². The average Bonchev–Trinajstić information content (AvgIpc) is 3.07. The van der Waals surface area contributed by atoms with Crippen molar-refractivity contribution in [3.05, 3.63) is 76.2 Å². The number of nitrogens with one attached hydrogen (secondary N) is 2. The van der Waals surface area contributed by atoms with Gasteiger partial charge in [-0.25, -0.2) is 4.68 Å². The van der Waals surface area contributed by atoms with Gasteiger partial charge in [0.2, 0.25) is 5.91 Å². The molecule has 1 heterocycles. The van der Waals surface area contributed by atoms with E-state index < -0.39 is 0 Å². The number of hydrogen-bond acceptors (Lipinski definition) is 4. The fraction of sp³-hybridized carbons (Fsp3) is 0.370. The van der Waals surface area contributed by atoms with Crippen molar-refractivity contribution in [1.29, 1.82) is 0 Å². The van der Waals surface area contributed by atoms with Gasteiger partial charge in [-0.1, -0.05) is 50.1 Å². The second-order valence-electron chi connectivity index (χ2n) is 9.11. The molecule has 7 nitrogen and oxygen atoms in total. The summed E-state index contributed by atoms with van der Waals surface area (Å²) in [6.45, 7) is 3.99. The molecule has 0 aliphatic heterocycles. The summed E-state index contributed by atoms with van der Waals surface area (Å²) < 4.78 is 3.26. The molecule has 1 saturated carbocycles. The van der Waals surface area contributed by atoms with Crippen LogP contribution in [0.3, 0.4) is 0 Å². The van der Waals surface area contributed by atoms with Crippen molar-refractivity contribution in [3.8, 4) is 5.69 Å².